The Hall–Kier alpha value is -1.41. The van der Waals surface area contributed by atoms with Gasteiger partial charge in [0, 0.05) is 26.2 Å². The molecule has 5 aliphatic rings. The number of hydrogen-bond donors (Lipinski definition) is 1. The lowest BCUT2D eigenvalue weighted by Gasteiger charge is -2.57. The predicted molar refractivity (Wildman–Crippen MR) is 104 cm³/mol. The van der Waals surface area contributed by atoms with Gasteiger partial charge in [0.2, 0.25) is 15.9 Å². The van der Waals surface area contributed by atoms with Crippen LogP contribution in [0, 0.1) is 37.0 Å². The topological polar surface area (TPSA) is 86.4 Å². The van der Waals surface area contributed by atoms with Crippen LogP contribution in [-0.2, 0) is 14.8 Å². The summed E-state index contributed by atoms with van der Waals surface area (Å²) in [6.45, 7) is 5.17. The van der Waals surface area contributed by atoms with Gasteiger partial charge in [0.1, 0.15) is 4.90 Å². The van der Waals surface area contributed by atoms with Gasteiger partial charge in [0.25, 0.3) is 0 Å². The normalized spacial score (nSPS) is 35.5. The van der Waals surface area contributed by atoms with Crippen LogP contribution < -0.4 is 0 Å². The molecule has 1 N–H and O–H groups in total. The quantitative estimate of drug-likeness (QED) is 0.833. The summed E-state index contributed by atoms with van der Waals surface area (Å²) in [6.07, 6.45) is 7.14. The zero-order chi connectivity index (χ0) is 19.7. The molecule has 5 fully saturated rings. The average Bonchev–Trinajstić information content (AvgIpc) is 2.99. The van der Waals surface area contributed by atoms with Crippen molar-refractivity contribution in [1.29, 1.82) is 0 Å². The van der Waals surface area contributed by atoms with E-state index in [0.717, 1.165) is 37.0 Å². The molecule has 0 unspecified atom stereocenters. The minimum Gasteiger partial charge on any atom is -0.340 e. The van der Waals surface area contributed by atoms with Gasteiger partial charge in [0.15, 0.2) is 0 Å². The van der Waals surface area contributed by atoms with Crippen LogP contribution >= 0.6 is 0 Å². The Morgan fingerprint density at radius 3 is 2.00 bits per heavy atom. The van der Waals surface area contributed by atoms with Gasteiger partial charge in [0.05, 0.1) is 16.8 Å². The van der Waals surface area contributed by atoms with E-state index in [-0.39, 0.29) is 10.3 Å². The Morgan fingerprint density at radius 2 is 1.54 bits per heavy atom. The van der Waals surface area contributed by atoms with Crippen molar-refractivity contribution in [2.75, 3.05) is 26.2 Å². The second kappa shape index (κ2) is 6.29. The number of rotatable bonds is 3. The molecule has 0 atom stereocenters. The van der Waals surface area contributed by atoms with Crippen LogP contribution in [0.15, 0.2) is 4.90 Å². The lowest BCUT2D eigenvalue weighted by molar-refractivity contribution is -0.158. The van der Waals surface area contributed by atoms with Crippen molar-refractivity contribution in [3.63, 3.8) is 0 Å². The first-order valence-corrected chi connectivity index (χ1v) is 12.0. The number of sulfonamides is 1. The van der Waals surface area contributed by atoms with Crippen molar-refractivity contribution < 1.29 is 13.2 Å². The highest BCUT2D eigenvalue weighted by atomic mass is 32.2. The standard InChI is InChI=1S/C20H30N4O3S/c1-13-18(14(2)22-21-13)28(26,27)24-5-3-23(4-6-24)19(25)20-10-15-7-16(11-20)9-17(8-15)12-20/h15-17H,3-12H2,1-2H3,(H,21,22). The lowest BCUT2D eigenvalue weighted by atomic mass is 9.49. The van der Waals surface area contributed by atoms with Gasteiger partial charge in [-0.15, -0.1) is 0 Å². The molecule has 0 spiro atoms. The van der Waals surface area contributed by atoms with Crippen LogP contribution in [0.1, 0.15) is 49.9 Å². The van der Waals surface area contributed by atoms with Crippen molar-refractivity contribution in [2.45, 2.75) is 57.3 Å². The number of carbonyl (C=O) groups is 1. The molecule has 4 bridgehead atoms. The number of aryl methyl sites for hydroxylation is 2. The molecule has 1 aliphatic heterocycles. The zero-order valence-corrected chi connectivity index (χ0v) is 17.6. The smallest absolute Gasteiger partial charge is 0.246 e. The van der Waals surface area contributed by atoms with Crippen LogP contribution in [0.2, 0.25) is 0 Å². The molecule has 4 saturated carbocycles. The second-order valence-corrected chi connectivity index (χ2v) is 11.5. The number of carbonyl (C=O) groups excluding carboxylic acids is 1. The Bertz CT molecular complexity index is 844. The maximum Gasteiger partial charge on any atom is 0.246 e. The Morgan fingerprint density at radius 1 is 1.00 bits per heavy atom. The predicted octanol–water partition coefficient (Wildman–Crippen LogP) is 2.08. The summed E-state index contributed by atoms with van der Waals surface area (Å²) in [5.74, 6) is 2.52. The van der Waals surface area contributed by atoms with E-state index in [9.17, 15) is 13.2 Å². The number of piperazine rings is 1. The summed E-state index contributed by atoms with van der Waals surface area (Å²) in [5, 5.41) is 6.79. The number of aromatic amines is 1. The molecule has 28 heavy (non-hydrogen) atoms. The first kappa shape index (κ1) is 18.6. The SMILES string of the molecule is Cc1n[nH]c(C)c1S(=O)(=O)N1CCN(C(=O)C23CC4CC(CC(C4)C2)C3)CC1. The number of nitrogens with one attached hydrogen (secondary N) is 1. The average molecular weight is 407 g/mol. The fraction of sp³-hybridized carbons (Fsp3) is 0.800. The summed E-state index contributed by atoms with van der Waals surface area (Å²) in [7, 11) is -3.57. The van der Waals surface area contributed by atoms with Crippen molar-refractivity contribution in [2.24, 2.45) is 23.2 Å². The molecule has 6 rings (SSSR count). The molecule has 154 valence electrons. The molecular formula is C20H30N4O3S. The molecule has 8 heteroatoms. The fourth-order valence-electron chi connectivity index (χ4n) is 6.89. The maximum absolute atomic E-state index is 13.5. The molecular weight excluding hydrogens is 376 g/mol. The van der Waals surface area contributed by atoms with Gasteiger partial charge in [-0.25, -0.2) is 8.42 Å². The number of amides is 1. The van der Waals surface area contributed by atoms with Gasteiger partial charge in [-0.1, -0.05) is 0 Å². The van der Waals surface area contributed by atoms with E-state index in [1.807, 2.05) is 4.90 Å². The highest BCUT2D eigenvalue weighted by Crippen LogP contribution is 2.60. The highest BCUT2D eigenvalue weighted by Gasteiger charge is 2.55. The Balaban J connectivity index is 1.29. The summed E-state index contributed by atoms with van der Waals surface area (Å²) in [4.78, 5) is 15.7. The van der Waals surface area contributed by atoms with Crippen LogP contribution in [-0.4, -0.2) is 59.9 Å². The van der Waals surface area contributed by atoms with Crippen molar-refractivity contribution in [3.05, 3.63) is 11.4 Å². The molecule has 2 heterocycles. The molecule has 1 amide bonds. The largest absolute Gasteiger partial charge is 0.340 e. The Labute approximate surface area is 166 Å². The van der Waals surface area contributed by atoms with Crippen molar-refractivity contribution in [1.82, 2.24) is 19.4 Å². The first-order chi connectivity index (χ1) is 13.3. The third-order valence-corrected chi connectivity index (χ3v) is 9.84. The summed E-state index contributed by atoms with van der Waals surface area (Å²) in [6, 6.07) is 0. The number of hydrogen-bond acceptors (Lipinski definition) is 4. The van der Waals surface area contributed by atoms with Crippen molar-refractivity contribution >= 4 is 15.9 Å². The molecule has 4 aliphatic carbocycles. The van der Waals surface area contributed by atoms with E-state index >= 15 is 0 Å². The van der Waals surface area contributed by atoms with Gasteiger partial charge in [-0.3, -0.25) is 9.89 Å². The van der Waals surface area contributed by atoms with Crippen LogP contribution in [0.3, 0.4) is 0 Å². The third kappa shape index (κ3) is 2.75. The van der Waals surface area contributed by atoms with Crippen LogP contribution in [0.25, 0.3) is 0 Å². The van der Waals surface area contributed by atoms with E-state index < -0.39 is 10.0 Å². The van der Waals surface area contributed by atoms with Gasteiger partial charge in [-0.2, -0.15) is 9.40 Å². The van der Waals surface area contributed by atoms with E-state index in [1.54, 1.807) is 13.8 Å². The lowest BCUT2D eigenvalue weighted by Crippen LogP contribution is -2.58. The molecule has 0 aromatic carbocycles. The number of nitrogens with zero attached hydrogens (tertiary/aromatic N) is 3. The molecule has 7 nitrogen and oxygen atoms in total. The minimum absolute atomic E-state index is 0.145. The summed E-state index contributed by atoms with van der Waals surface area (Å²) < 4.78 is 27.6. The fourth-order valence-corrected chi connectivity index (χ4v) is 8.64. The Kier molecular flexibility index (Phi) is 4.18. The molecule has 0 radical (unpaired) electrons. The zero-order valence-electron chi connectivity index (χ0n) is 16.8. The third-order valence-electron chi connectivity index (χ3n) is 7.68. The number of aromatic nitrogens is 2. The summed E-state index contributed by atoms with van der Waals surface area (Å²) >= 11 is 0. The maximum atomic E-state index is 13.5. The van der Waals surface area contributed by atoms with E-state index in [4.69, 9.17) is 0 Å². The van der Waals surface area contributed by atoms with E-state index in [1.165, 1.54) is 23.6 Å². The molecule has 1 saturated heterocycles. The first-order valence-electron chi connectivity index (χ1n) is 10.6. The molecule has 1 aromatic rings. The second-order valence-electron chi connectivity index (χ2n) is 9.66. The highest BCUT2D eigenvalue weighted by molar-refractivity contribution is 7.89. The van der Waals surface area contributed by atoms with E-state index in [0.29, 0.717) is 43.5 Å². The van der Waals surface area contributed by atoms with Gasteiger partial charge < -0.3 is 4.90 Å². The van der Waals surface area contributed by atoms with Crippen LogP contribution in [0.4, 0.5) is 0 Å². The molecule has 1 aromatic heterocycles. The monoisotopic (exact) mass is 406 g/mol. The summed E-state index contributed by atoms with van der Waals surface area (Å²) in [5.41, 5.74) is 0.933. The minimum atomic E-state index is -3.57. The van der Waals surface area contributed by atoms with Crippen molar-refractivity contribution in [3.8, 4) is 0 Å². The number of H-pyrrole nitrogens is 1. The van der Waals surface area contributed by atoms with Gasteiger partial charge in [-0.05, 0) is 70.1 Å². The van der Waals surface area contributed by atoms with Gasteiger partial charge >= 0.3 is 0 Å². The van der Waals surface area contributed by atoms with Crippen LogP contribution in [0.5, 0.6) is 0 Å². The van der Waals surface area contributed by atoms with E-state index in [2.05, 4.69) is 10.2 Å².